The first-order valence-corrected chi connectivity index (χ1v) is 9.91. The summed E-state index contributed by atoms with van der Waals surface area (Å²) in [7, 11) is 0. The van der Waals surface area contributed by atoms with Gasteiger partial charge in [-0.2, -0.15) is 0 Å². The molecule has 2 aromatic carbocycles. The first kappa shape index (κ1) is 20.1. The van der Waals surface area contributed by atoms with E-state index in [4.69, 9.17) is 0 Å². The molecule has 2 amide bonds. The minimum Gasteiger partial charge on any atom is -0.348 e. The summed E-state index contributed by atoms with van der Waals surface area (Å²) in [6.07, 6.45) is 0.634. The van der Waals surface area contributed by atoms with Gasteiger partial charge in [0, 0.05) is 6.54 Å². The Balaban J connectivity index is 1.62. The molecule has 3 atom stereocenters. The number of fused-ring (bicyclic) bond motifs is 1. The maximum Gasteiger partial charge on any atom is 0.243 e. The van der Waals surface area contributed by atoms with Gasteiger partial charge in [-0.15, -0.1) is 0 Å². The Morgan fingerprint density at radius 2 is 1.57 bits per heavy atom. The fourth-order valence-electron chi connectivity index (χ4n) is 3.56. The highest BCUT2D eigenvalue weighted by Crippen LogP contribution is 2.17. The van der Waals surface area contributed by atoms with Gasteiger partial charge in [-0.05, 0) is 36.0 Å². The lowest BCUT2D eigenvalue weighted by Gasteiger charge is -2.29. The summed E-state index contributed by atoms with van der Waals surface area (Å²) in [4.78, 5) is 25.7. The molecule has 0 saturated carbocycles. The van der Waals surface area contributed by atoms with Gasteiger partial charge in [0.05, 0.1) is 12.1 Å². The normalized spacial score (nSPS) is 18.1. The molecule has 5 nitrogen and oxygen atoms in total. The van der Waals surface area contributed by atoms with Crippen molar-refractivity contribution < 1.29 is 9.59 Å². The molecule has 0 spiro atoms. The topological polar surface area (TPSA) is 70.2 Å². The lowest BCUT2D eigenvalue weighted by atomic mass is 9.94. The summed E-state index contributed by atoms with van der Waals surface area (Å²) in [5.41, 5.74) is 3.45. The summed E-state index contributed by atoms with van der Waals surface area (Å²) < 4.78 is 0. The molecule has 5 heteroatoms. The van der Waals surface area contributed by atoms with Gasteiger partial charge in [0.25, 0.3) is 0 Å². The zero-order valence-corrected chi connectivity index (χ0v) is 16.7. The van der Waals surface area contributed by atoms with Crippen molar-refractivity contribution in [2.75, 3.05) is 0 Å². The average molecular weight is 380 g/mol. The van der Waals surface area contributed by atoms with Gasteiger partial charge in [-0.1, -0.05) is 68.4 Å². The molecule has 0 radical (unpaired) electrons. The molecule has 0 unspecified atom stereocenters. The molecule has 1 aliphatic heterocycles. The van der Waals surface area contributed by atoms with Crippen molar-refractivity contribution in [3.8, 4) is 0 Å². The molecule has 0 fully saturated rings. The van der Waals surface area contributed by atoms with Gasteiger partial charge in [0.2, 0.25) is 11.8 Å². The fourth-order valence-corrected chi connectivity index (χ4v) is 3.56. The highest BCUT2D eigenvalue weighted by Gasteiger charge is 2.30. The molecule has 0 aliphatic carbocycles. The Kier molecular flexibility index (Phi) is 6.47. The van der Waals surface area contributed by atoms with Crippen molar-refractivity contribution in [3.63, 3.8) is 0 Å². The van der Waals surface area contributed by atoms with E-state index in [1.54, 1.807) is 0 Å². The maximum atomic E-state index is 12.8. The summed E-state index contributed by atoms with van der Waals surface area (Å²) in [5.74, 6) is -0.297. The molecule has 3 N–H and O–H groups in total. The van der Waals surface area contributed by atoms with E-state index in [-0.39, 0.29) is 29.8 Å². The molecule has 3 rings (SSSR count). The SMILES string of the molecule is CC(C)[C@H](NC(=O)[C@H]1Cc2ccccc2CN1)C(=O)N[C@@H](C)c1ccccc1. The molecule has 2 aromatic rings. The zero-order chi connectivity index (χ0) is 20.1. The Hall–Kier alpha value is -2.66. The van der Waals surface area contributed by atoms with E-state index in [2.05, 4.69) is 28.1 Å². The highest BCUT2D eigenvalue weighted by atomic mass is 16.2. The number of carbonyl (C=O) groups excluding carboxylic acids is 2. The minimum absolute atomic E-state index is 0.0113. The number of hydrogen-bond donors (Lipinski definition) is 3. The van der Waals surface area contributed by atoms with Crippen LogP contribution < -0.4 is 16.0 Å². The van der Waals surface area contributed by atoms with Crippen LogP contribution in [0.3, 0.4) is 0 Å². The predicted octanol–water partition coefficient (Wildman–Crippen LogP) is 2.72. The van der Waals surface area contributed by atoms with Crippen LogP contribution in [0, 0.1) is 5.92 Å². The maximum absolute atomic E-state index is 12.8. The molecular weight excluding hydrogens is 350 g/mol. The van der Waals surface area contributed by atoms with Crippen molar-refractivity contribution in [3.05, 3.63) is 71.3 Å². The first-order valence-electron chi connectivity index (χ1n) is 9.91. The van der Waals surface area contributed by atoms with Gasteiger partial charge >= 0.3 is 0 Å². The quantitative estimate of drug-likeness (QED) is 0.723. The summed E-state index contributed by atoms with van der Waals surface area (Å²) >= 11 is 0. The van der Waals surface area contributed by atoms with Crippen molar-refractivity contribution in [1.29, 1.82) is 0 Å². The van der Waals surface area contributed by atoms with Gasteiger partial charge in [0.1, 0.15) is 6.04 Å². The Morgan fingerprint density at radius 3 is 2.25 bits per heavy atom. The monoisotopic (exact) mass is 379 g/mol. The van der Waals surface area contributed by atoms with Crippen LogP contribution in [0.1, 0.15) is 43.5 Å². The lowest BCUT2D eigenvalue weighted by molar-refractivity contribution is -0.131. The van der Waals surface area contributed by atoms with E-state index in [9.17, 15) is 9.59 Å². The number of hydrogen-bond acceptors (Lipinski definition) is 3. The van der Waals surface area contributed by atoms with Gasteiger partial charge in [0.15, 0.2) is 0 Å². The second-order valence-corrected chi connectivity index (χ2v) is 7.78. The summed E-state index contributed by atoms with van der Waals surface area (Å²) in [5, 5.41) is 9.27. The third kappa shape index (κ3) is 4.78. The fraction of sp³-hybridized carbons (Fsp3) is 0.391. The number of carbonyl (C=O) groups is 2. The van der Waals surface area contributed by atoms with E-state index in [0.29, 0.717) is 13.0 Å². The number of amides is 2. The Labute approximate surface area is 166 Å². The third-order valence-electron chi connectivity index (χ3n) is 5.30. The molecular formula is C23H29N3O2. The number of rotatable bonds is 6. The Bertz CT molecular complexity index is 820. The van der Waals surface area contributed by atoms with E-state index in [0.717, 1.165) is 5.56 Å². The van der Waals surface area contributed by atoms with E-state index < -0.39 is 6.04 Å². The van der Waals surface area contributed by atoms with Crippen LogP contribution in [0.15, 0.2) is 54.6 Å². The standard InChI is InChI=1S/C23H29N3O2/c1-15(2)21(23(28)25-16(3)17-9-5-4-6-10-17)26-22(27)20-13-18-11-7-8-12-19(18)14-24-20/h4-12,15-16,20-21,24H,13-14H2,1-3H3,(H,25,28)(H,26,27)/t16-,20+,21-/m0/s1. The molecule has 28 heavy (non-hydrogen) atoms. The molecule has 148 valence electrons. The van der Waals surface area contributed by atoms with Gasteiger partial charge in [-0.3, -0.25) is 9.59 Å². The van der Waals surface area contributed by atoms with E-state index >= 15 is 0 Å². The third-order valence-corrected chi connectivity index (χ3v) is 5.30. The Morgan fingerprint density at radius 1 is 0.929 bits per heavy atom. The van der Waals surface area contributed by atoms with Crippen LogP contribution in [-0.2, 0) is 22.6 Å². The van der Waals surface area contributed by atoms with Crippen molar-refractivity contribution >= 4 is 11.8 Å². The second-order valence-electron chi connectivity index (χ2n) is 7.78. The molecule has 1 heterocycles. The molecule has 1 aliphatic rings. The van der Waals surface area contributed by atoms with E-state index in [1.165, 1.54) is 11.1 Å². The van der Waals surface area contributed by atoms with Crippen LogP contribution in [0.2, 0.25) is 0 Å². The summed E-state index contributed by atoms with van der Waals surface area (Å²) in [6.45, 7) is 6.51. The van der Waals surface area contributed by atoms with E-state index in [1.807, 2.05) is 63.2 Å². The first-order chi connectivity index (χ1) is 13.5. The smallest absolute Gasteiger partial charge is 0.243 e. The van der Waals surface area contributed by atoms with Crippen molar-refractivity contribution in [1.82, 2.24) is 16.0 Å². The highest BCUT2D eigenvalue weighted by molar-refractivity contribution is 5.90. The second kappa shape index (κ2) is 9.02. The summed E-state index contributed by atoms with van der Waals surface area (Å²) in [6, 6.07) is 16.9. The molecule has 0 bridgehead atoms. The molecule has 0 saturated heterocycles. The van der Waals surface area contributed by atoms with Gasteiger partial charge < -0.3 is 16.0 Å². The number of nitrogens with one attached hydrogen (secondary N) is 3. The lowest BCUT2D eigenvalue weighted by Crippen LogP contribution is -2.56. The molecule has 0 aromatic heterocycles. The average Bonchev–Trinajstić information content (AvgIpc) is 2.71. The van der Waals surface area contributed by atoms with Crippen LogP contribution in [0.4, 0.5) is 0 Å². The van der Waals surface area contributed by atoms with Crippen LogP contribution in [-0.4, -0.2) is 23.9 Å². The zero-order valence-electron chi connectivity index (χ0n) is 16.7. The van der Waals surface area contributed by atoms with Crippen LogP contribution in [0.25, 0.3) is 0 Å². The van der Waals surface area contributed by atoms with Crippen LogP contribution in [0.5, 0.6) is 0 Å². The minimum atomic E-state index is -0.572. The van der Waals surface area contributed by atoms with Gasteiger partial charge in [-0.25, -0.2) is 0 Å². The predicted molar refractivity (Wildman–Crippen MR) is 111 cm³/mol. The largest absolute Gasteiger partial charge is 0.348 e. The van der Waals surface area contributed by atoms with Crippen LogP contribution >= 0.6 is 0 Å². The van der Waals surface area contributed by atoms with Crippen molar-refractivity contribution in [2.45, 2.75) is 51.9 Å². The number of benzene rings is 2. The van der Waals surface area contributed by atoms with Crippen molar-refractivity contribution in [2.24, 2.45) is 5.92 Å².